The van der Waals surface area contributed by atoms with E-state index in [1.807, 2.05) is 4.57 Å². The number of imidazole rings is 1. The average Bonchev–Trinajstić information content (AvgIpc) is 3.11. The molecule has 12 heteroatoms. The van der Waals surface area contributed by atoms with Crippen LogP contribution in [0.1, 0.15) is 25.0 Å². The van der Waals surface area contributed by atoms with Gasteiger partial charge in [0.1, 0.15) is 17.3 Å². The molecule has 1 aliphatic rings. The molecule has 0 atom stereocenters. The van der Waals surface area contributed by atoms with Gasteiger partial charge in [0, 0.05) is 36.7 Å². The largest absolute Gasteiger partial charge is 0.382 e. The van der Waals surface area contributed by atoms with Gasteiger partial charge in [-0.1, -0.05) is 18.2 Å². The number of nitrogens with zero attached hydrogens (tertiary/aromatic N) is 4. The Morgan fingerprint density at radius 2 is 2.19 bits per heavy atom. The number of amidine groups is 1. The molecule has 1 saturated heterocycles. The maximum absolute atomic E-state index is 11.2. The van der Waals surface area contributed by atoms with Crippen LogP contribution in [0.2, 0.25) is 5.02 Å². The first-order valence-electron chi connectivity index (χ1n) is 9.97. The highest BCUT2D eigenvalue weighted by Crippen LogP contribution is 2.37. The summed E-state index contributed by atoms with van der Waals surface area (Å²) in [5.74, 6) is 0.756. The summed E-state index contributed by atoms with van der Waals surface area (Å²) >= 11 is 7.46. The molecule has 2 heterocycles. The van der Waals surface area contributed by atoms with Crippen molar-refractivity contribution in [1.29, 1.82) is 5.41 Å². The average molecular weight is 478 g/mol. The van der Waals surface area contributed by atoms with Crippen LogP contribution >= 0.6 is 23.4 Å². The lowest BCUT2D eigenvalue weighted by Crippen LogP contribution is -2.32. The highest BCUT2D eigenvalue weighted by Gasteiger charge is 2.23. The molecule has 1 aliphatic heterocycles. The summed E-state index contributed by atoms with van der Waals surface area (Å²) in [4.78, 5) is 28.4. The van der Waals surface area contributed by atoms with Crippen LogP contribution in [0.5, 0.6) is 0 Å². The molecule has 1 amide bonds. The fraction of sp³-hybridized carbons (Fsp3) is 0.350. The number of nitrogens with one attached hydrogen (secondary N) is 2. The van der Waals surface area contributed by atoms with Crippen molar-refractivity contribution in [3.63, 3.8) is 0 Å². The first kappa shape index (κ1) is 23.6. The van der Waals surface area contributed by atoms with Gasteiger partial charge in [-0.15, -0.1) is 0 Å². The van der Waals surface area contributed by atoms with Gasteiger partial charge in [0.15, 0.2) is 5.16 Å². The second kappa shape index (κ2) is 10.5. The second-order valence-electron chi connectivity index (χ2n) is 7.35. The van der Waals surface area contributed by atoms with Crippen molar-refractivity contribution in [3.8, 4) is 0 Å². The number of anilines is 1. The highest BCUT2D eigenvalue weighted by molar-refractivity contribution is 7.99. The topological polar surface area (TPSA) is 143 Å². The molecule has 0 saturated carbocycles. The maximum Gasteiger partial charge on any atom is 0.270 e. The number of hydrogen-bond acceptors (Lipinski definition) is 7. The Labute approximate surface area is 194 Å². The zero-order valence-corrected chi connectivity index (χ0v) is 18.9. The van der Waals surface area contributed by atoms with Crippen LogP contribution in [-0.4, -0.2) is 44.7 Å². The van der Waals surface area contributed by atoms with E-state index in [2.05, 4.69) is 16.9 Å². The third-order valence-electron chi connectivity index (χ3n) is 5.31. The number of rotatable bonds is 10. The number of aromatic nitrogens is 2. The maximum atomic E-state index is 11.2. The zero-order chi connectivity index (χ0) is 23.3. The summed E-state index contributed by atoms with van der Waals surface area (Å²) in [6.45, 7) is 5.75. The molecule has 10 nitrogen and oxygen atoms in total. The lowest BCUT2D eigenvalue weighted by molar-refractivity contribution is -0.385. The summed E-state index contributed by atoms with van der Waals surface area (Å²) in [7, 11) is 0. The van der Waals surface area contributed by atoms with E-state index < -0.39 is 4.92 Å². The minimum absolute atomic E-state index is 0.0758. The minimum Gasteiger partial charge on any atom is -0.382 e. The van der Waals surface area contributed by atoms with Gasteiger partial charge in [0.2, 0.25) is 6.41 Å². The number of halogens is 1. The van der Waals surface area contributed by atoms with Crippen molar-refractivity contribution >= 4 is 47.1 Å². The quantitative estimate of drug-likeness (QED) is 0.155. The Kier molecular flexibility index (Phi) is 7.75. The molecule has 0 radical (unpaired) electrons. The molecule has 32 heavy (non-hydrogen) atoms. The summed E-state index contributed by atoms with van der Waals surface area (Å²) in [6, 6.07) is 4.22. The molecular formula is C20H24ClN7O3S. The van der Waals surface area contributed by atoms with Crippen LogP contribution in [0.3, 0.4) is 0 Å². The number of nitrogens with two attached hydrogens (primary N) is 1. The van der Waals surface area contributed by atoms with E-state index in [0.717, 1.165) is 38.8 Å². The Bertz CT molecular complexity index is 1030. The molecule has 0 spiro atoms. The number of amides is 1. The fourth-order valence-electron chi connectivity index (χ4n) is 3.59. The van der Waals surface area contributed by atoms with E-state index in [1.54, 1.807) is 4.90 Å². The summed E-state index contributed by atoms with van der Waals surface area (Å²) < 4.78 is 1.89. The predicted molar refractivity (Wildman–Crippen MR) is 124 cm³/mol. The van der Waals surface area contributed by atoms with Gasteiger partial charge in [-0.2, -0.15) is 0 Å². The van der Waals surface area contributed by atoms with E-state index in [0.29, 0.717) is 33.4 Å². The number of nitro benzene ring substituents is 1. The van der Waals surface area contributed by atoms with Crippen molar-refractivity contribution in [3.05, 3.63) is 51.8 Å². The third kappa shape index (κ3) is 5.40. The molecule has 1 aromatic heterocycles. The molecule has 2 aromatic rings. The molecule has 4 N–H and O–H groups in total. The van der Waals surface area contributed by atoms with Gasteiger partial charge < -0.3 is 20.5 Å². The number of non-ortho nitro benzene ring substituents is 1. The Balaban J connectivity index is 1.91. The molecule has 1 aromatic carbocycles. The third-order valence-corrected chi connectivity index (χ3v) is 6.81. The van der Waals surface area contributed by atoms with E-state index in [-0.39, 0.29) is 17.2 Å². The lowest BCUT2D eigenvalue weighted by Gasteiger charge is -2.29. The number of nitrogen functional groups attached to an aromatic ring is 1. The Morgan fingerprint density at radius 3 is 2.78 bits per heavy atom. The van der Waals surface area contributed by atoms with Crippen molar-refractivity contribution in [1.82, 2.24) is 14.5 Å². The summed E-state index contributed by atoms with van der Waals surface area (Å²) in [5.41, 5.74) is 5.95. The summed E-state index contributed by atoms with van der Waals surface area (Å²) in [5, 5.41) is 23.0. The number of hydrogen-bond donors (Lipinski definition) is 3. The first-order valence-corrected chi connectivity index (χ1v) is 11.2. The number of nitro groups is 1. The van der Waals surface area contributed by atoms with Crippen LogP contribution in [0.15, 0.2) is 41.0 Å². The second-order valence-corrected chi connectivity index (χ2v) is 8.77. The molecule has 0 aliphatic carbocycles. The standard InChI is InChI=1S/C20H24ClN7O3S/c1-2-24-19-17(18(22)23)25-20(32-16-11-14(28(30)31)3-4-15(16)21)27(19)10-7-13-5-8-26(12-29)9-6-13/h2-4,11-13,24H,1,5-10H2,(H3,22,23). The van der Waals surface area contributed by atoms with E-state index >= 15 is 0 Å². The van der Waals surface area contributed by atoms with Crippen molar-refractivity contribution in [2.45, 2.75) is 35.9 Å². The van der Waals surface area contributed by atoms with E-state index in [1.165, 1.54) is 36.2 Å². The molecule has 170 valence electrons. The molecule has 3 rings (SSSR count). The number of carbonyl (C=O) groups is 1. The van der Waals surface area contributed by atoms with Crippen LogP contribution in [0.4, 0.5) is 11.5 Å². The van der Waals surface area contributed by atoms with Gasteiger partial charge in [0.05, 0.1) is 9.95 Å². The SMILES string of the molecule is C=CNc1c(C(=N)N)nc(Sc2cc([N+](=O)[O-])ccc2Cl)n1CCC1CCN(C=O)CC1. The molecule has 0 bridgehead atoms. The first-order chi connectivity index (χ1) is 15.3. The van der Waals surface area contributed by atoms with Crippen molar-refractivity contribution < 1.29 is 9.72 Å². The van der Waals surface area contributed by atoms with Gasteiger partial charge in [-0.3, -0.25) is 20.3 Å². The monoisotopic (exact) mass is 477 g/mol. The van der Waals surface area contributed by atoms with Crippen LogP contribution in [0, 0.1) is 21.4 Å². The van der Waals surface area contributed by atoms with E-state index in [9.17, 15) is 14.9 Å². The number of benzene rings is 1. The number of likely N-dealkylation sites (tertiary alicyclic amines) is 1. The zero-order valence-electron chi connectivity index (χ0n) is 17.3. The highest BCUT2D eigenvalue weighted by atomic mass is 35.5. The number of piperidine rings is 1. The predicted octanol–water partition coefficient (Wildman–Crippen LogP) is 3.69. The molecule has 0 unspecified atom stereocenters. The van der Waals surface area contributed by atoms with Crippen LogP contribution < -0.4 is 11.1 Å². The van der Waals surface area contributed by atoms with E-state index in [4.69, 9.17) is 22.7 Å². The molecular weight excluding hydrogens is 454 g/mol. The smallest absolute Gasteiger partial charge is 0.270 e. The minimum atomic E-state index is -0.482. The Hall–Kier alpha value is -3.05. The summed E-state index contributed by atoms with van der Waals surface area (Å²) in [6.07, 6.45) is 5.03. The lowest BCUT2D eigenvalue weighted by atomic mass is 9.94. The van der Waals surface area contributed by atoms with Crippen molar-refractivity contribution in [2.75, 3.05) is 18.4 Å². The number of carbonyl (C=O) groups excluding carboxylic acids is 1. The van der Waals surface area contributed by atoms with Crippen LogP contribution in [-0.2, 0) is 11.3 Å². The normalized spacial score (nSPS) is 14.2. The fourth-order valence-corrected chi connectivity index (χ4v) is 4.79. The van der Waals surface area contributed by atoms with Crippen molar-refractivity contribution in [2.24, 2.45) is 11.7 Å². The van der Waals surface area contributed by atoms with Gasteiger partial charge in [0.25, 0.3) is 5.69 Å². The van der Waals surface area contributed by atoms with Crippen LogP contribution in [0.25, 0.3) is 0 Å². The van der Waals surface area contributed by atoms with Gasteiger partial charge >= 0.3 is 0 Å². The Morgan fingerprint density at radius 1 is 1.47 bits per heavy atom. The van der Waals surface area contributed by atoms with Gasteiger partial charge in [-0.25, -0.2) is 4.98 Å². The molecule has 1 fully saturated rings. The van der Waals surface area contributed by atoms with Gasteiger partial charge in [-0.05, 0) is 49.2 Å².